The third-order valence-electron chi connectivity index (χ3n) is 14.1. The van der Waals surface area contributed by atoms with Crippen LogP contribution in [0.5, 0.6) is 0 Å². The molecule has 0 aliphatic carbocycles. The van der Waals surface area contributed by atoms with Gasteiger partial charge in [0.1, 0.15) is 24.9 Å². The van der Waals surface area contributed by atoms with Gasteiger partial charge in [-0.15, -0.1) is 0 Å². The van der Waals surface area contributed by atoms with Gasteiger partial charge >= 0.3 is 35.8 Å². The van der Waals surface area contributed by atoms with Gasteiger partial charge in [-0.3, -0.25) is 38.4 Å². The van der Waals surface area contributed by atoms with E-state index >= 15 is 0 Å². The summed E-state index contributed by atoms with van der Waals surface area (Å²) in [6.07, 6.45) is 27.1. The third-order valence-corrected chi connectivity index (χ3v) is 14.1. The molecule has 4 unspecified atom stereocenters. The van der Waals surface area contributed by atoms with E-state index in [1.165, 1.54) is 143 Å². The van der Waals surface area contributed by atoms with Crippen molar-refractivity contribution in [3.05, 3.63) is 12.2 Å². The molecular formula is C62H108N2O16. The highest BCUT2D eigenvalue weighted by molar-refractivity contribution is 5.83. The van der Waals surface area contributed by atoms with Crippen molar-refractivity contribution in [2.24, 2.45) is 5.92 Å². The Morgan fingerprint density at radius 2 is 0.975 bits per heavy atom. The van der Waals surface area contributed by atoms with Crippen LogP contribution in [-0.4, -0.2) is 116 Å². The van der Waals surface area contributed by atoms with Crippen LogP contribution in [0.4, 0.5) is 0 Å². The standard InChI is InChI=1S/C62H108N2O16/c1-11-12-13-14-15-16-17-18-19-20-21-22-23-26-30-33-36-39-42-55(76-49(7)68)61(72)64-53(43-74-62-57(63-46(4)65)60(79-52(10)71)59(78-51(9)70)56(80-62)44-73-47(5)66)58(77-50(8)69)54(75-48(6)67)41-38-35-32-29-27-24-25-28-31-34-37-40-45(2)3/h35,38,45,53-60,62H,11-34,36-37,39-44H2,1-10H3,(H,63,65)(H,64,72)/b38-35+/t53?,54?,55?,56-,57-,58?,59-,60-,62-/m1/s1. The topological polar surface area (TPSA) is 234 Å². The van der Waals surface area contributed by atoms with Gasteiger partial charge in [-0.1, -0.05) is 193 Å². The fraction of sp³-hybridized carbons (Fsp3) is 0.839. The lowest BCUT2D eigenvalue weighted by molar-refractivity contribution is -0.280. The van der Waals surface area contributed by atoms with Crippen molar-refractivity contribution in [1.29, 1.82) is 0 Å². The molecule has 1 aliphatic rings. The zero-order valence-electron chi connectivity index (χ0n) is 51.1. The van der Waals surface area contributed by atoms with Crippen molar-refractivity contribution >= 4 is 47.6 Å². The second-order valence-corrected chi connectivity index (χ2v) is 22.3. The van der Waals surface area contributed by atoms with Gasteiger partial charge in [0.05, 0.1) is 12.6 Å². The Balaban J connectivity index is 3.39. The molecule has 1 fully saturated rings. The largest absolute Gasteiger partial charge is 0.463 e. The van der Waals surface area contributed by atoms with Crippen LogP contribution in [0.25, 0.3) is 0 Å². The number of nitrogens with one attached hydrogen (secondary N) is 2. The first-order chi connectivity index (χ1) is 38.2. The maximum atomic E-state index is 14.5. The van der Waals surface area contributed by atoms with Gasteiger partial charge in [0, 0.05) is 54.9 Å². The van der Waals surface area contributed by atoms with Gasteiger partial charge in [0.15, 0.2) is 30.7 Å². The molecule has 2 amide bonds. The molecule has 2 N–H and O–H groups in total. The predicted molar refractivity (Wildman–Crippen MR) is 307 cm³/mol. The molecule has 9 atom stereocenters. The van der Waals surface area contributed by atoms with Gasteiger partial charge in [-0.2, -0.15) is 0 Å². The number of carbonyl (C=O) groups is 8. The van der Waals surface area contributed by atoms with Gasteiger partial charge in [-0.25, -0.2) is 0 Å². The normalized spacial score (nSPS) is 18.6. The number of unbranched alkanes of at least 4 members (excludes halogenated alkanes) is 25. The summed E-state index contributed by atoms with van der Waals surface area (Å²) < 4.78 is 46.4. The molecule has 1 aliphatic heterocycles. The quantitative estimate of drug-likeness (QED) is 0.0249. The third kappa shape index (κ3) is 37.4. The summed E-state index contributed by atoms with van der Waals surface area (Å²) in [7, 11) is 0. The lowest BCUT2D eigenvalue weighted by Gasteiger charge is -2.45. The van der Waals surface area contributed by atoms with Crippen LogP contribution < -0.4 is 10.6 Å². The van der Waals surface area contributed by atoms with E-state index in [1.807, 2.05) is 12.2 Å². The molecule has 0 aromatic heterocycles. The van der Waals surface area contributed by atoms with Crippen molar-refractivity contribution in [3.8, 4) is 0 Å². The summed E-state index contributed by atoms with van der Waals surface area (Å²) in [4.78, 5) is 103. The molecule has 0 aromatic rings. The molecule has 18 nitrogen and oxygen atoms in total. The molecule has 18 heteroatoms. The lowest BCUT2D eigenvalue weighted by atomic mass is 9.95. The van der Waals surface area contributed by atoms with Crippen LogP contribution in [0.2, 0.25) is 0 Å². The molecule has 0 saturated carbocycles. The van der Waals surface area contributed by atoms with Crippen LogP contribution in [0.1, 0.15) is 262 Å². The van der Waals surface area contributed by atoms with Gasteiger partial charge in [0.2, 0.25) is 5.91 Å². The highest BCUT2D eigenvalue weighted by Gasteiger charge is 2.52. The molecule has 80 heavy (non-hydrogen) atoms. The monoisotopic (exact) mass is 1140 g/mol. The minimum absolute atomic E-state index is 0.0600. The summed E-state index contributed by atoms with van der Waals surface area (Å²) in [5, 5.41) is 5.52. The minimum Gasteiger partial charge on any atom is -0.463 e. The number of hydrogen-bond acceptors (Lipinski definition) is 16. The van der Waals surface area contributed by atoms with Crippen molar-refractivity contribution in [2.75, 3.05) is 13.2 Å². The number of amides is 2. The van der Waals surface area contributed by atoms with Crippen molar-refractivity contribution in [1.82, 2.24) is 10.6 Å². The molecule has 0 radical (unpaired) electrons. The van der Waals surface area contributed by atoms with E-state index in [9.17, 15) is 38.4 Å². The van der Waals surface area contributed by atoms with E-state index in [2.05, 4.69) is 31.4 Å². The summed E-state index contributed by atoms with van der Waals surface area (Å²) >= 11 is 0. The number of carbonyl (C=O) groups excluding carboxylic acids is 8. The highest BCUT2D eigenvalue weighted by Crippen LogP contribution is 2.29. The minimum atomic E-state index is -1.58. The smallest absolute Gasteiger partial charge is 0.303 e. The van der Waals surface area contributed by atoms with Gasteiger partial charge in [-0.05, 0) is 31.6 Å². The second kappa shape index (κ2) is 46.0. The van der Waals surface area contributed by atoms with E-state index in [-0.39, 0.29) is 12.8 Å². The average Bonchev–Trinajstić information content (AvgIpc) is 3.39. The SMILES string of the molecule is CCCCCCCCCCCCCCCCCCCCC(OC(C)=O)C(=O)NC(CO[C@@H]1O[C@H](COC(C)=O)[C@@H](OC(C)=O)[C@H](OC(C)=O)[C@H]1NC(C)=O)C(OC(C)=O)C(C/C=C/CCCCCCCCCCC(C)C)OC(C)=O. The van der Waals surface area contributed by atoms with Crippen LogP contribution in [-0.2, 0) is 76.3 Å². The van der Waals surface area contributed by atoms with E-state index in [0.29, 0.717) is 6.42 Å². The Morgan fingerprint density at radius 3 is 1.43 bits per heavy atom. The molecule has 1 heterocycles. The number of hydrogen-bond donors (Lipinski definition) is 2. The van der Waals surface area contributed by atoms with Gasteiger partial charge in [0.25, 0.3) is 5.91 Å². The molecule has 1 rings (SSSR count). The summed E-state index contributed by atoms with van der Waals surface area (Å²) in [6, 6.07) is -2.74. The van der Waals surface area contributed by atoms with E-state index in [0.717, 1.165) is 85.0 Å². The molecular weight excluding hydrogens is 1030 g/mol. The Labute approximate surface area is 481 Å². The summed E-state index contributed by atoms with van der Waals surface area (Å²) in [5.74, 6) is -5.12. The summed E-state index contributed by atoms with van der Waals surface area (Å²) in [6.45, 7) is 13.8. The first kappa shape index (κ1) is 73.4. The maximum absolute atomic E-state index is 14.5. The first-order valence-corrected chi connectivity index (χ1v) is 30.7. The van der Waals surface area contributed by atoms with Gasteiger partial charge < -0.3 is 48.5 Å². The Bertz CT molecular complexity index is 1770. The van der Waals surface area contributed by atoms with E-state index in [1.54, 1.807) is 0 Å². The number of ether oxygens (including phenoxy) is 8. The average molecular weight is 1140 g/mol. The van der Waals surface area contributed by atoms with Crippen LogP contribution in [0, 0.1) is 5.92 Å². The Kier molecular flexibility index (Phi) is 42.2. The second-order valence-electron chi connectivity index (χ2n) is 22.3. The highest BCUT2D eigenvalue weighted by atomic mass is 16.7. The first-order valence-electron chi connectivity index (χ1n) is 30.7. The zero-order valence-corrected chi connectivity index (χ0v) is 51.1. The van der Waals surface area contributed by atoms with Crippen molar-refractivity contribution in [3.63, 3.8) is 0 Å². The zero-order chi connectivity index (χ0) is 59.5. The lowest BCUT2D eigenvalue weighted by Crippen LogP contribution is -2.67. The molecule has 0 aromatic carbocycles. The van der Waals surface area contributed by atoms with Crippen molar-refractivity contribution < 1.29 is 76.3 Å². The van der Waals surface area contributed by atoms with E-state index in [4.69, 9.17) is 37.9 Å². The number of rotatable bonds is 47. The fourth-order valence-corrected chi connectivity index (χ4v) is 10.1. The molecule has 0 spiro atoms. The molecule has 0 bridgehead atoms. The summed E-state index contributed by atoms with van der Waals surface area (Å²) in [5.41, 5.74) is 0. The molecule has 1 saturated heterocycles. The van der Waals surface area contributed by atoms with Crippen LogP contribution in [0.3, 0.4) is 0 Å². The number of allylic oxidation sites excluding steroid dienone is 1. The fourth-order valence-electron chi connectivity index (χ4n) is 10.1. The maximum Gasteiger partial charge on any atom is 0.303 e. The number of esters is 6. The van der Waals surface area contributed by atoms with Crippen LogP contribution >= 0.6 is 0 Å². The Morgan fingerprint density at radius 1 is 0.512 bits per heavy atom. The van der Waals surface area contributed by atoms with E-state index < -0.39 is 116 Å². The van der Waals surface area contributed by atoms with Crippen molar-refractivity contribution in [2.45, 2.75) is 317 Å². The molecule has 462 valence electrons. The van der Waals surface area contributed by atoms with Crippen LogP contribution in [0.15, 0.2) is 12.2 Å². The predicted octanol–water partition coefficient (Wildman–Crippen LogP) is 11.9. The Hall–Kier alpha value is -4.58.